The van der Waals surface area contributed by atoms with Crippen LogP contribution in [0.25, 0.3) is 11.1 Å². The van der Waals surface area contributed by atoms with E-state index in [0.29, 0.717) is 18.8 Å². The Labute approximate surface area is 179 Å². The van der Waals surface area contributed by atoms with Gasteiger partial charge in [-0.25, -0.2) is 4.98 Å². The molecule has 2 aromatic carbocycles. The first-order valence-electron chi connectivity index (χ1n) is 9.87. The average molecular weight is 422 g/mol. The molecule has 1 atom stereocenters. The van der Waals surface area contributed by atoms with Crippen molar-refractivity contribution in [2.75, 3.05) is 25.5 Å². The molecule has 1 fully saturated rings. The number of carbonyl (C=O) groups is 2. The number of anilines is 1. The first-order chi connectivity index (χ1) is 14.6. The number of aromatic nitrogens is 1. The van der Waals surface area contributed by atoms with Crippen LogP contribution in [0.2, 0.25) is 0 Å². The lowest BCUT2D eigenvalue weighted by atomic mass is 9.96. The molecule has 1 aromatic heterocycles. The molecule has 2 heterocycles. The Morgan fingerprint density at radius 3 is 2.73 bits per heavy atom. The summed E-state index contributed by atoms with van der Waals surface area (Å²) < 4.78 is 5.28. The quantitative estimate of drug-likeness (QED) is 0.666. The van der Waals surface area contributed by atoms with Crippen LogP contribution in [-0.4, -0.2) is 41.9 Å². The van der Waals surface area contributed by atoms with E-state index >= 15 is 0 Å². The van der Waals surface area contributed by atoms with Crippen LogP contribution in [0.3, 0.4) is 0 Å². The highest BCUT2D eigenvalue weighted by atomic mass is 32.1. The highest BCUT2D eigenvalue weighted by Gasteiger charge is 2.29. The minimum absolute atomic E-state index is 0.0556. The van der Waals surface area contributed by atoms with Gasteiger partial charge in [0, 0.05) is 24.2 Å². The summed E-state index contributed by atoms with van der Waals surface area (Å²) in [6.07, 6.45) is 1.58. The summed E-state index contributed by atoms with van der Waals surface area (Å²) in [5.41, 5.74) is 4.94. The third-order valence-corrected chi connectivity index (χ3v) is 5.87. The fourth-order valence-corrected chi connectivity index (χ4v) is 4.17. The van der Waals surface area contributed by atoms with E-state index in [9.17, 15) is 9.59 Å². The van der Waals surface area contributed by atoms with E-state index in [1.807, 2.05) is 48.5 Å². The van der Waals surface area contributed by atoms with E-state index in [4.69, 9.17) is 4.74 Å². The van der Waals surface area contributed by atoms with Crippen molar-refractivity contribution in [3.63, 3.8) is 0 Å². The van der Waals surface area contributed by atoms with Crippen molar-refractivity contribution in [1.29, 1.82) is 0 Å². The minimum atomic E-state index is -0.223. The largest absolute Gasteiger partial charge is 0.497 e. The molecule has 0 aliphatic carbocycles. The average Bonchev–Trinajstić information content (AvgIpc) is 3.34. The lowest BCUT2D eigenvalue weighted by molar-refractivity contribution is -0.121. The first kappa shape index (κ1) is 20.1. The van der Waals surface area contributed by atoms with Gasteiger partial charge in [-0.05, 0) is 48.2 Å². The van der Waals surface area contributed by atoms with E-state index in [2.05, 4.69) is 10.3 Å². The Bertz CT molecular complexity index is 1020. The van der Waals surface area contributed by atoms with Crippen LogP contribution in [-0.2, 0) is 4.79 Å². The van der Waals surface area contributed by atoms with Gasteiger partial charge in [0.1, 0.15) is 11.4 Å². The molecule has 1 saturated heterocycles. The number of nitrogens with one attached hydrogen (secondary N) is 1. The normalized spacial score (nSPS) is 16.2. The molecule has 0 bridgehead atoms. The third kappa shape index (κ3) is 4.52. The minimum Gasteiger partial charge on any atom is -0.497 e. The van der Waals surface area contributed by atoms with E-state index < -0.39 is 0 Å². The van der Waals surface area contributed by atoms with Gasteiger partial charge >= 0.3 is 0 Å². The van der Waals surface area contributed by atoms with Crippen molar-refractivity contribution in [2.24, 2.45) is 5.92 Å². The number of methoxy groups -OCH3 is 1. The second kappa shape index (κ2) is 9.09. The molecule has 6 nitrogen and oxygen atoms in total. The number of thiazole rings is 1. The molecule has 1 aliphatic heterocycles. The SMILES string of the molecule is COc1cccc(-c2ccc(NC(=O)C3CCCN(C(=O)c4cscn4)C3)cc2)c1. The fraction of sp³-hybridized carbons (Fsp3) is 0.261. The predicted molar refractivity (Wildman–Crippen MR) is 118 cm³/mol. The van der Waals surface area contributed by atoms with E-state index in [1.165, 1.54) is 11.3 Å². The first-order valence-corrected chi connectivity index (χ1v) is 10.8. The maximum absolute atomic E-state index is 12.8. The van der Waals surface area contributed by atoms with Gasteiger partial charge in [0.15, 0.2) is 0 Å². The second-order valence-electron chi connectivity index (χ2n) is 7.26. The fourth-order valence-electron chi connectivity index (χ4n) is 3.65. The van der Waals surface area contributed by atoms with Gasteiger partial charge in [0.05, 0.1) is 18.5 Å². The van der Waals surface area contributed by atoms with Crippen molar-refractivity contribution in [2.45, 2.75) is 12.8 Å². The van der Waals surface area contributed by atoms with Gasteiger partial charge in [-0.3, -0.25) is 9.59 Å². The predicted octanol–water partition coefficient (Wildman–Crippen LogP) is 4.31. The number of piperidine rings is 1. The van der Waals surface area contributed by atoms with Crippen molar-refractivity contribution in [1.82, 2.24) is 9.88 Å². The number of hydrogen-bond donors (Lipinski definition) is 1. The maximum Gasteiger partial charge on any atom is 0.273 e. The van der Waals surface area contributed by atoms with Gasteiger partial charge < -0.3 is 15.0 Å². The highest BCUT2D eigenvalue weighted by Crippen LogP contribution is 2.26. The van der Waals surface area contributed by atoms with Crippen molar-refractivity contribution in [3.05, 3.63) is 65.1 Å². The molecule has 2 amide bonds. The molecule has 1 unspecified atom stereocenters. The van der Waals surface area contributed by atoms with Crippen LogP contribution in [0, 0.1) is 5.92 Å². The zero-order chi connectivity index (χ0) is 20.9. The zero-order valence-corrected chi connectivity index (χ0v) is 17.5. The van der Waals surface area contributed by atoms with Gasteiger partial charge in [-0.15, -0.1) is 11.3 Å². The molecule has 7 heteroatoms. The van der Waals surface area contributed by atoms with Crippen LogP contribution in [0.5, 0.6) is 5.75 Å². The van der Waals surface area contributed by atoms with Crippen LogP contribution in [0.1, 0.15) is 23.3 Å². The number of ether oxygens (including phenoxy) is 1. The third-order valence-electron chi connectivity index (χ3n) is 5.29. The number of benzene rings is 2. The summed E-state index contributed by atoms with van der Waals surface area (Å²) in [7, 11) is 1.65. The van der Waals surface area contributed by atoms with Crippen LogP contribution in [0.4, 0.5) is 5.69 Å². The molecule has 1 aliphatic rings. The molecule has 3 aromatic rings. The lowest BCUT2D eigenvalue weighted by Gasteiger charge is -2.31. The number of amides is 2. The van der Waals surface area contributed by atoms with E-state index in [0.717, 1.165) is 35.4 Å². The summed E-state index contributed by atoms with van der Waals surface area (Å²) in [6.45, 7) is 1.08. The van der Waals surface area contributed by atoms with Gasteiger partial charge in [0.2, 0.25) is 5.91 Å². The Hall–Kier alpha value is -3.19. The Morgan fingerprint density at radius 2 is 2.00 bits per heavy atom. The summed E-state index contributed by atoms with van der Waals surface area (Å²) in [6, 6.07) is 15.6. The number of carbonyl (C=O) groups excluding carboxylic acids is 2. The molecule has 154 valence electrons. The molecular weight excluding hydrogens is 398 g/mol. The number of nitrogens with zero attached hydrogens (tertiary/aromatic N) is 2. The number of hydrogen-bond acceptors (Lipinski definition) is 5. The summed E-state index contributed by atoms with van der Waals surface area (Å²) >= 11 is 1.40. The standard InChI is InChI=1S/C23H23N3O3S/c1-29-20-6-2-4-17(12-20)16-7-9-19(10-8-16)25-22(27)18-5-3-11-26(13-18)23(28)21-14-30-15-24-21/h2,4,6-10,12,14-15,18H,3,5,11,13H2,1H3,(H,25,27). The molecule has 0 radical (unpaired) electrons. The monoisotopic (exact) mass is 421 g/mol. The molecule has 0 saturated carbocycles. The van der Waals surface area contributed by atoms with E-state index in [-0.39, 0.29) is 17.7 Å². The Balaban J connectivity index is 1.39. The maximum atomic E-state index is 12.8. The number of likely N-dealkylation sites (tertiary alicyclic amines) is 1. The van der Waals surface area contributed by atoms with Gasteiger partial charge in [-0.1, -0.05) is 24.3 Å². The summed E-state index contributed by atoms with van der Waals surface area (Å²) in [5, 5.41) is 4.74. The summed E-state index contributed by atoms with van der Waals surface area (Å²) in [4.78, 5) is 31.1. The smallest absolute Gasteiger partial charge is 0.273 e. The van der Waals surface area contributed by atoms with Crippen molar-refractivity contribution in [3.8, 4) is 16.9 Å². The van der Waals surface area contributed by atoms with E-state index in [1.54, 1.807) is 22.9 Å². The van der Waals surface area contributed by atoms with Crippen LogP contribution >= 0.6 is 11.3 Å². The van der Waals surface area contributed by atoms with Crippen LogP contribution < -0.4 is 10.1 Å². The van der Waals surface area contributed by atoms with Crippen molar-refractivity contribution >= 4 is 28.8 Å². The van der Waals surface area contributed by atoms with Gasteiger partial charge in [0.25, 0.3) is 5.91 Å². The highest BCUT2D eigenvalue weighted by molar-refractivity contribution is 7.07. The molecule has 0 spiro atoms. The number of rotatable bonds is 5. The van der Waals surface area contributed by atoms with Crippen molar-refractivity contribution < 1.29 is 14.3 Å². The molecule has 1 N–H and O–H groups in total. The lowest BCUT2D eigenvalue weighted by Crippen LogP contribution is -2.43. The molecular formula is C23H23N3O3S. The molecule has 30 heavy (non-hydrogen) atoms. The topological polar surface area (TPSA) is 71.5 Å². The molecule has 4 rings (SSSR count). The second-order valence-corrected chi connectivity index (χ2v) is 7.98. The summed E-state index contributed by atoms with van der Waals surface area (Å²) in [5.74, 6) is 0.426. The van der Waals surface area contributed by atoms with Gasteiger partial charge in [-0.2, -0.15) is 0 Å². The Kier molecular flexibility index (Phi) is 6.09. The Morgan fingerprint density at radius 1 is 1.17 bits per heavy atom. The zero-order valence-electron chi connectivity index (χ0n) is 16.7. The van der Waals surface area contributed by atoms with Crippen LogP contribution in [0.15, 0.2) is 59.4 Å².